The summed E-state index contributed by atoms with van der Waals surface area (Å²) in [4.78, 5) is 0. The van der Waals surface area contributed by atoms with Gasteiger partial charge in [0.2, 0.25) is 5.88 Å². The van der Waals surface area contributed by atoms with Crippen LogP contribution in [0, 0.1) is 0 Å². The summed E-state index contributed by atoms with van der Waals surface area (Å²) >= 11 is 0. The zero-order valence-electron chi connectivity index (χ0n) is 14.9. The van der Waals surface area contributed by atoms with Gasteiger partial charge in [-0.3, -0.25) is 0 Å². The summed E-state index contributed by atoms with van der Waals surface area (Å²) in [6.45, 7) is 1.82. The van der Waals surface area contributed by atoms with Crippen molar-refractivity contribution in [3.05, 3.63) is 65.9 Å². The van der Waals surface area contributed by atoms with E-state index in [1.165, 1.54) is 10.8 Å². The first-order valence-corrected chi connectivity index (χ1v) is 8.86. The smallest absolute Gasteiger partial charge is 0.234 e. The molecule has 0 N–H and O–H groups in total. The molecule has 0 unspecified atom stereocenters. The number of nitrogens with zero attached hydrogens (tertiary/aromatic N) is 2. The lowest BCUT2D eigenvalue weighted by Crippen LogP contribution is -2.35. The second-order valence-corrected chi connectivity index (χ2v) is 6.56. The summed E-state index contributed by atoms with van der Waals surface area (Å²) < 4.78 is 17.2. The molecule has 0 atom stereocenters. The van der Waals surface area contributed by atoms with Gasteiger partial charge in [0.15, 0.2) is 0 Å². The van der Waals surface area contributed by atoms with Crippen LogP contribution in [0.3, 0.4) is 0 Å². The molecule has 0 spiro atoms. The molecule has 5 nitrogen and oxygen atoms in total. The molecule has 0 amide bonds. The molecule has 1 fully saturated rings. The second-order valence-electron chi connectivity index (χ2n) is 6.56. The molecule has 1 aliphatic rings. The van der Waals surface area contributed by atoms with Crippen molar-refractivity contribution in [2.75, 3.05) is 20.3 Å². The topological polar surface area (TPSA) is 53.5 Å². The zero-order chi connectivity index (χ0) is 17.8. The maximum absolute atomic E-state index is 5.90. The van der Waals surface area contributed by atoms with E-state index in [0.717, 1.165) is 24.0 Å². The molecule has 3 aromatic rings. The lowest BCUT2D eigenvalue weighted by molar-refractivity contribution is -0.0951. The third kappa shape index (κ3) is 3.41. The highest BCUT2D eigenvalue weighted by molar-refractivity contribution is 5.82. The van der Waals surface area contributed by atoms with Crippen molar-refractivity contribution in [3.63, 3.8) is 0 Å². The number of aromatic nitrogens is 2. The van der Waals surface area contributed by atoms with E-state index in [1.54, 1.807) is 13.3 Å². The Morgan fingerprint density at radius 1 is 1.04 bits per heavy atom. The number of hydrogen-bond acceptors (Lipinski definition) is 5. The van der Waals surface area contributed by atoms with Crippen molar-refractivity contribution < 1.29 is 14.2 Å². The van der Waals surface area contributed by atoms with Crippen molar-refractivity contribution in [3.8, 4) is 5.88 Å². The van der Waals surface area contributed by atoms with Gasteiger partial charge >= 0.3 is 0 Å². The molecule has 5 heteroatoms. The van der Waals surface area contributed by atoms with Crippen LogP contribution in [0.4, 0.5) is 0 Å². The molecule has 134 valence electrons. The van der Waals surface area contributed by atoms with Crippen molar-refractivity contribution in [2.45, 2.75) is 25.0 Å². The van der Waals surface area contributed by atoms with E-state index < -0.39 is 0 Å². The van der Waals surface area contributed by atoms with Crippen LogP contribution >= 0.6 is 0 Å². The summed E-state index contributed by atoms with van der Waals surface area (Å²) in [5.74, 6) is 0.513. The van der Waals surface area contributed by atoms with Crippen LogP contribution in [0.1, 0.15) is 24.0 Å². The van der Waals surface area contributed by atoms with E-state index >= 15 is 0 Å². The van der Waals surface area contributed by atoms with Gasteiger partial charge in [0, 0.05) is 44.8 Å². The van der Waals surface area contributed by atoms with Crippen LogP contribution in [0.15, 0.2) is 54.7 Å². The monoisotopic (exact) mass is 350 g/mol. The Balaban J connectivity index is 1.51. The Morgan fingerprint density at radius 3 is 2.65 bits per heavy atom. The Hall–Kier alpha value is -2.50. The SMILES string of the molecule is COC1(c2cnnc(OCc3ccc4ccccc4c3)c2)CCOCC1. The molecule has 2 aromatic carbocycles. The van der Waals surface area contributed by atoms with Crippen molar-refractivity contribution in [2.24, 2.45) is 0 Å². The van der Waals surface area contributed by atoms with E-state index in [4.69, 9.17) is 14.2 Å². The highest BCUT2D eigenvalue weighted by atomic mass is 16.5. The average molecular weight is 350 g/mol. The molecule has 0 saturated carbocycles. The van der Waals surface area contributed by atoms with E-state index in [-0.39, 0.29) is 5.60 Å². The molecular formula is C21H22N2O3. The Morgan fingerprint density at radius 2 is 1.85 bits per heavy atom. The molecule has 1 saturated heterocycles. The van der Waals surface area contributed by atoms with E-state index in [9.17, 15) is 0 Å². The van der Waals surface area contributed by atoms with Crippen LogP contribution in [-0.4, -0.2) is 30.5 Å². The number of hydrogen-bond donors (Lipinski definition) is 0. The van der Waals surface area contributed by atoms with Crippen LogP contribution in [0.5, 0.6) is 5.88 Å². The summed E-state index contributed by atoms with van der Waals surface area (Å²) in [5.41, 5.74) is 1.73. The lowest BCUT2D eigenvalue weighted by atomic mass is 9.87. The third-order valence-electron chi connectivity index (χ3n) is 5.05. The molecular weight excluding hydrogens is 328 g/mol. The standard InChI is InChI=1S/C21H22N2O3/c1-24-21(8-10-25-11-9-21)19-13-20(23-22-14-19)26-15-16-6-7-17-4-2-3-5-18(17)12-16/h2-7,12-14H,8-11,15H2,1H3. The van der Waals surface area contributed by atoms with Crippen LogP contribution in [-0.2, 0) is 21.7 Å². The summed E-state index contributed by atoms with van der Waals surface area (Å²) in [6.07, 6.45) is 3.37. The van der Waals surface area contributed by atoms with Gasteiger partial charge in [-0.2, -0.15) is 5.10 Å². The molecule has 4 rings (SSSR count). The maximum atomic E-state index is 5.90. The summed E-state index contributed by atoms with van der Waals surface area (Å²) in [7, 11) is 1.74. The van der Waals surface area contributed by atoms with Crippen molar-refractivity contribution in [1.82, 2.24) is 10.2 Å². The van der Waals surface area contributed by atoms with Crippen LogP contribution in [0.2, 0.25) is 0 Å². The lowest BCUT2D eigenvalue weighted by Gasteiger charge is -2.35. The molecule has 2 heterocycles. The van der Waals surface area contributed by atoms with Crippen molar-refractivity contribution >= 4 is 10.8 Å². The van der Waals surface area contributed by atoms with Crippen molar-refractivity contribution in [1.29, 1.82) is 0 Å². The van der Waals surface area contributed by atoms with Gasteiger partial charge in [0.05, 0.1) is 11.8 Å². The Kier molecular flexibility index (Phi) is 4.82. The quantitative estimate of drug-likeness (QED) is 0.699. The van der Waals surface area contributed by atoms with Gasteiger partial charge in [-0.25, -0.2) is 0 Å². The first-order valence-electron chi connectivity index (χ1n) is 8.86. The number of fused-ring (bicyclic) bond motifs is 1. The molecule has 0 aliphatic carbocycles. The fraction of sp³-hybridized carbons (Fsp3) is 0.333. The highest BCUT2D eigenvalue weighted by Crippen LogP contribution is 2.36. The van der Waals surface area contributed by atoms with E-state index in [2.05, 4.69) is 40.5 Å². The van der Waals surface area contributed by atoms with Gasteiger partial charge in [0.25, 0.3) is 0 Å². The zero-order valence-corrected chi connectivity index (χ0v) is 14.9. The minimum atomic E-state index is -0.366. The highest BCUT2D eigenvalue weighted by Gasteiger charge is 2.35. The largest absolute Gasteiger partial charge is 0.472 e. The predicted molar refractivity (Wildman–Crippen MR) is 99.1 cm³/mol. The van der Waals surface area contributed by atoms with E-state index in [1.807, 2.05) is 18.2 Å². The number of ether oxygens (including phenoxy) is 3. The molecule has 1 aromatic heterocycles. The Labute approximate surface area is 152 Å². The third-order valence-corrected chi connectivity index (χ3v) is 5.05. The average Bonchev–Trinajstić information content (AvgIpc) is 2.73. The summed E-state index contributed by atoms with van der Waals surface area (Å²) in [6, 6.07) is 16.6. The normalized spacial score (nSPS) is 16.5. The number of methoxy groups -OCH3 is 1. The first-order chi connectivity index (χ1) is 12.8. The van der Waals surface area contributed by atoms with Gasteiger partial charge < -0.3 is 14.2 Å². The number of benzene rings is 2. The second kappa shape index (κ2) is 7.40. The Bertz CT molecular complexity index is 891. The molecule has 26 heavy (non-hydrogen) atoms. The number of rotatable bonds is 5. The predicted octanol–water partition coefficient (Wildman–Crippen LogP) is 3.86. The van der Waals surface area contributed by atoms with Gasteiger partial charge in [0.1, 0.15) is 6.61 Å². The molecule has 1 aliphatic heterocycles. The minimum absolute atomic E-state index is 0.366. The van der Waals surface area contributed by atoms with Gasteiger partial charge in [-0.1, -0.05) is 36.4 Å². The fourth-order valence-corrected chi connectivity index (χ4v) is 3.46. The molecule has 0 bridgehead atoms. The van der Waals surface area contributed by atoms with Crippen LogP contribution < -0.4 is 4.74 Å². The maximum Gasteiger partial charge on any atom is 0.234 e. The van der Waals surface area contributed by atoms with E-state index in [0.29, 0.717) is 25.7 Å². The van der Waals surface area contributed by atoms with Gasteiger partial charge in [-0.05, 0) is 22.4 Å². The van der Waals surface area contributed by atoms with Gasteiger partial charge in [-0.15, -0.1) is 5.10 Å². The first kappa shape index (κ1) is 16.9. The summed E-state index contributed by atoms with van der Waals surface area (Å²) in [5, 5.41) is 10.7. The minimum Gasteiger partial charge on any atom is -0.472 e. The van der Waals surface area contributed by atoms with Crippen LogP contribution in [0.25, 0.3) is 10.8 Å². The molecule has 0 radical (unpaired) electrons. The fourth-order valence-electron chi connectivity index (χ4n) is 3.46.